The van der Waals surface area contributed by atoms with Gasteiger partial charge in [-0.1, -0.05) is 50.5 Å². The summed E-state index contributed by atoms with van der Waals surface area (Å²) in [6, 6.07) is 15.2. The first-order chi connectivity index (χ1) is 14.2. The third kappa shape index (κ3) is 5.41. The summed E-state index contributed by atoms with van der Waals surface area (Å²) in [5.74, 6) is 4.34. The van der Waals surface area contributed by atoms with E-state index in [1.165, 1.54) is 75.5 Å². The molecule has 0 bridgehead atoms. The fraction of sp³-hybridized carbons (Fsp3) is 0.556. The van der Waals surface area contributed by atoms with Gasteiger partial charge >= 0.3 is 0 Å². The van der Waals surface area contributed by atoms with Crippen LogP contribution in [0.15, 0.2) is 48.5 Å². The van der Waals surface area contributed by atoms with Crippen molar-refractivity contribution in [1.82, 2.24) is 0 Å². The van der Waals surface area contributed by atoms with E-state index in [4.69, 9.17) is 4.74 Å². The molecule has 1 nitrogen and oxygen atoms in total. The van der Waals surface area contributed by atoms with E-state index in [-0.39, 0.29) is 5.82 Å². The van der Waals surface area contributed by atoms with Crippen LogP contribution in [0, 0.1) is 23.6 Å². The largest absolute Gasteiger partial charge is 0.489 e. The molecule has 2 saturated carbocycles. The normalized spacial score (nSPS) is 27.5. The van der Waals surface area contributed by atoms with E-state index in [1.54, 1.807) is 12.1 Å². The summed E-state index contributed by atoms with van der Waals surface area (Å²) in [7, 11) is 0. The molecule has 0 unspecified atom stereocenters. The van der Waals surface area contributed by atoms with Crippen LogP contribution in [0.2, 0.25) is 0 Å². The first kappa shape index (κ1) is 20.4. The first-order valence-electron chi connectivity index (χ1n) is 11.7. The average Bonchev–Trinajstić information content (AvgIpc) is 2.79. The molecule has 0 aromatic heterocycles. The molecule has 2 aliphatic rings. The van der Waals surface area contributed by atoms with Gasteiger partial charge in [0.2, 0.25) is 0 Å². The lowest BCUT2D eigenvalue weighted by atomic mass is 9.68. The van der Waals surface area contributed by atoms with Crippen molar-refractivity contribution in [2.75, 3.05) is 0 Å². The van der Waals surface area contributed by atoms with Crippen molar-refractivity contribution < 1.29 is 9.13 Å². The highest BCUT2D eigenvalue weighted by molar-refractivity contribution is 5.31. The Balaban J connectivity index is 1.28. The maximum absolute atomic E-state index is 13.0. The number of ether oxygens (including phenoxy) is 1. The molecule has 4 rings (SSSR count). The van der Waals surface area contributed by atoms with Gasteiger partial charge in [0.1, 0.15) is 18.2 Å². The molecule has 2 aromatic rings. The van der Waals surface area contributed by atoms with Gasteiger partial charge in [0, 0.05) is 0 Å². The van der Waals surface area contributed by atoms with E-state index in [2.05, 4.69) is 25.1 Å². The van der Waals surface area contributed by atoms with Gasteiger partial charge in [0.25, 0.3) is 0 Å². The summed E-state index contributed by atoms with van der Waals surface area (Å²) < 4.78 is 19.0. The van der Waals surface area contributed by atoms with Gasteiger partial charge in [0.05, 0.1) is 0 Å². The molecule has 0 atom stereocenters. The molecule has 0 aliphatic heterocycles. The Morgan fingerprint density at radius 2 is 1.48 bits per heavy atom. The second-order valence-electron chi connectivity index (χ2n) is 9.29. The van der Waals surface area contributed by atoms with Gasteiger partial charge in [0.15, 0.2) is 0 Å². The monoisotopic (exact) mass is 394 g/mol. The van der Waals surface area contributed by atoms with Gasteiger partial charge in [-0.2, -0.15) is 0 Å². The minimum Gasteiger partial charge on any atom is -0.489 e. The van der Waals surface area contributed by atoms with Crippen LogP contribution in [-0.4, -0.2) is 0 Å². The molecule has 2 heteroatoms. The van der Waals surface area contributed by atoms with Crippen LogP contribution < -0.4 is 4.74 Å². The third-order valence-corrected chi connectivity index (χ3v) is 7.56. The zero-order chi connectivity index (χ0) is 20.1. The van der Waals surface area contributed by atoms with Crippen LogP contribution in [0.4, 0.5) is 4.39 Å². The topological polar surface area (TPSA) is 9.23 Å². The number of hydrogen-bond acceptors (Lipinski definition) is 1. The lowest BCUT2D eigenvalue weighted by Crippen LogP contribution is -2.25. The van der Waals surface area contributed by atoms with Crippen LogP contribution in [-0.2, 0) is 6.61 Å². The minimum atomic E-state index is -0.204. The predicted octanol–water partition coefficient (Wildman–Crippen LogP) is 7.89. The van der Waals surface area contributed by atoms with Gasteiger partial charge in [-0.05, 0) is 97.6 Å². The van der Waals surface area contributed by atoms with Crippen molar-refractivity contribution in [3.8, 4) is 5.75 Å². The zero-order valence-electron chi connectivity index (χ0n) is 17.8. The Morgan fingerprint density at radius 1 is 0.828 bits per heavy atom. The molecule has 0 spiro atoms. The number of hydrogen-bond donors (Lipinski definition) is 0. The lowest BCUT2D eigenvalue weighted by molar-refractivity contribution is 0.158. The zero-order valence-corrected chi connectivity index (χ0v) is 17.8. The van der Waals surface area contributed by atoms with Gasteiger partial charge < -0.3 is 4.74 Å². The van der Waals surface area contributed by atoms with E-state index in [0.717, 1.165) is 29.1 Å². The molecule has 2 fully saturated rings. The van der Waals surface area contributed by atoms with E-state index in [1.807, 2.05) is 6.07 Å². The van der Waals surface area contributed by atoms with Crippen molar-refractivity contribution in [1.29, 1.82) is 0 Å². The van der Waals surface area contributed by atoms with Crippen molar-refractivity contribution in [2.45, 2.75) is 77.2 Å². The van der Waals surface area contributed by atoms with Crippen molar-refractivity contribution in [3.05, 3.63) is 65.5 Å². The fourth-order valence-electron chi connectivity index (χ4n) is 5.60. The van der Waals surface area contributed by atoms with Gasteiger partial charge in [-0.25, -0.2) is 4.39 Å². The Labute approximate surface area is 175 Å². The van der Waals surface area contributed by atoms with Crippen LogP contribution in [0.1, 0.15) is 81.8 Å². The highest BCUT2D eigenvalue weighted by atomic mass is 19.1. The quantitative estimate of drug-likeness (QED) is 0.484. The van der Waals surface area contributed by atoms with Crippen molar-refractivity contribution in [2.24, 2.45) is 17.8 Å². The molecule has 0 heterocycles. The second kappa shape index (κ2) is 9.78. The maximum atomic E-state index is 13.0. The molecule has 0 saturated heterocycles. The smallest absolute Gasteiger partial charge is 0.123 e. The number of benzene rings is 2. The van der Waals surface area contributed by atoms with E-state index >= 15 is 0 Å². The number of halogens is 1. The fourth-order valence-corrected chi connectivity index (χ4v) is 5.60. The maximum Gasteiger partial charge on any atom is 0.123 e. The predicted molar refractivity (Wildman–Crippen MR) is 118 cm³/mol. The van der Waals surface area contributed by atoms with Crippen molar-refractivity contribution >= 4 is 0 Å². The molecule has 2 aliphatic carbocycles. The third-order valence-electron chi connectivity index (χ3n) is 7.56. The minimum absolute atomic E-state index is 0.204. The first-order valence-corrected chi connectivity index (χ1v) is 11.7. The Bertz CT molecular complexity index is 752. The summed E-state index contributed by atoms with van der Waals surface area (Å²) in [5.41, 5.74) is 2.42. The molecular weight excluding hydrogens is 359 g/mol. The molecule has 29 heavy (non-hydrogen) atoms. The second-order valence-corrected chi connectivity index (χ2v) is 9.29. The van der Waals surface area contributed by atoms with Crippen LogP contribution in [0.25, 0.3) is 0 Å². The SMILES string of the molecule is CCC1CCC(C2CCC(c3cccc(OCc4ccc(F)cc4)c3)CC2)CC1. The van der Waals surface area contributed by atoms with Crippen LogP contribution in [0.5, 0.6) is 5.75 Å². The Morgan fingerprint density at radius 3 is 2.14 bits per heavy atom. The summed E-state index contributed by atoms with van der Waals surface area (Å²) in [6.45, 7) is 2.84. The Hall–Kier alpha value is -1.83. The average molecular weight is 395 g/mol. The summed E-state index contributed by atoms with van der Waals surface area (Å²) in [6.07, 6.45) is 12.7. The van der Waals surface area contributed by atoms with E-state index < -0.39 is 0 Å². The highest BCUT2D eigenvalue weighted by Gasteiger charge is 2.30. The van der Waals surface area contributed by atoms with E-state index in [9.17, 15) is 4.39 Å². The number of rotatable bonds is 6. The standard InChI is InChI=1S/C27H35FO/c1-2-20-6-10-22(11-7-20)23-12-14-24(15-13-23)25-4-3-5-27(18-25)29-19-21-8-16-26(28)17-9-21/h3-5,8-9,16-18,20,22-24H,2,6-7,10-15,19H2,1H3. The highest BCUT2D eigenvalue weighted by Crippen LogP contribution is 2.44. The molecule has 0 amide bonds. The molecule has 156 valence electrons. The molecular formula is C27H35FO. The van der Waals surface area contributed by atoms with Crippen LogP contribution >= 0.6 is 0 Å². The van der Waals surface area contributed by atoms with Gasteiger partial charge in [-0.3, -0.25) is 0 Å². The van der Waals surface area contributed by atoms with Crippen LogP contribution in [0.3, 0.4) is 0 Å². The lowest BCUT2D eigenvalue weighted by Gasteiger charge is -2.38. The summed E-state index contributed by atoms with van der Waals surface area (Å²) >= 11 is 0. The molecule has 2 aromatic carbocycles. The van der Waals surface area contributed by atoms with E-state index in [0.29, 0.717) is 12.5 Å². The van der Waals surface area contributed by atoms with Gasteiger partial charge in [-0.15, -0.1) is 0 Å². The molecule has 0 N–H and O–H groups in total. The Kier molecular flexibility index (Phi) is 6.90. The van der Waals surface area contributed by atoms with Crippen molar-refractivity contribution in [3.63, 3.8) is 0 Å². The summed E-state index contributed by atoms with van der Waals surface area (Å²) in [5, 5.41) is 0. The summed E-state index contributed by atoms with van der Waals surface area (Å²) in [4.78, 5) is 0. The molecule has 0 radical (unpaired) electrons.